The van der Waals surface area contributed by atoms with Crippen molar-refractivity contribution in [3.63, 3.8) is 0 Å². The molecule has 0 radical (unpaired) electrons. The average Bonchev–Trinajstić information content (AvgIpc) is 2.27. The third kappa shape index (κ3) is 5.50. The summed E-state index contributed by atoms with van der Waals surface area (Å²) in [5.74, 6) is -0.458. The molecule has 0 saturated carbocycles. The third-order valence-corrected chi connectivity index (χ3v) is 4.61. The van der Waals surface area contributed by atoms with Crippen LogP contribution in [-0.4, -0.2) is 32.7 Å². The molecule has 0 aliphatic heterocycles. The van der Waals surface area contributed by atoms with Gasteiger partial charge in [0.15, 0.2) is 0 Å². The van der Waals surface area contributed by atoms with Crippen LogP contribution in [0.2, 0.25) is 15.1 Å². The molecular formula is C13H17Cl3N2O3S. The van der Waals surface area contributed by atoms with Gasteiger partial charge in [-0.25, -0.2) is 8.42 Å². The second-order valence-corrected chi connectivity index (χ2v) is 8.91. The van der Waals surface area contributed by atoms with Gasteiger partial charge in [-0.1, -0.05) is 34.8 Å². The second-order valence-electron chi connectivity index (χ2n) is 5.79. The first-order valence-electron chi connectivity index (χ1n) is 6.24. The summed E-state index contributed by atoms with van der Waals surface area (Å²) in [6.45, 7) is 4.97. The predicted molar refractivity (Wildman–Crippen MR) is 91.6 cm³/mol. The number of rotatable bonds is 4. The van der Waals surface area contributed by atoms with Crippen LogP contribution < -0.4 is 9.62 Å². The molecule has 0 aliphatic rings. The molecule has 0 spiro atoms. The van der Waals surface area contributed by atoms with Gasteiger partial charge < -0.3 is 5.32 Å². The first-order chi connectivity index (χ1) is 9.81. The Kier molecular flexibility index (Phi) is 6.01. The molecule has 22 heavy (non-hydrogen) atoms. The molecule has 0 aromatic heterocycles. The zero-order valence-corrected chi connectivity index (χ0v) is 15.7. The molecule has 1 amide bonds. The van der Waals surface area contributed by atoms with Crippen LogP contribution in [0, 0.1) is 0 Å². The number of amides is 1. The maximum absolute atomic E-state index is 12.0. The van der Waals surface area contributed by atoms with Gasteiger partial charge in [0, 0.05) is 5.54 Å². The van der Waals surface area contributed by atoms with Crippen molar-refractivity contribution in [1.82, 2.24) is 5.32 Å². The Morgan fingerprint density at radius 2 is 1.64 bits per heavy atom. The fourth-order valence-corrected chi connectivity index (χ4v) is 3.23. The number of hydrogen-bond acceptors (Lipinski definition) is 3. The monoisotopic (exact) mass is 386 g/mol. The van der Waals surface area contributed by atoms with E-state index in [4.69, 9.17) is 34.8 Å². The lowest BCUT2D eigenvalue weighted by atomic mass is 10.1. The highest BCUT2D eigenvalue weighted by Gasteiger charge is 2.25. The van der Waals surface area contributed by atoms with Gasteiger partial charge in [0.25, 0.3) is 0 Å². The van der Waals surface area contributed by atoms with E-state index in [0.717, 1.165) is 10.6 Å². The SMILES string of the molecule is CC(C)(C)NC(=O)CN(c1cc(Cl)c(Cl)cc1Cl)S(C)(=O)=O. The van der Waals surface area contributed by atoms with E-state index < -0.39 is 28.0 Å². The van der Waals surface area contributed by atoms with Crippen LogP contribution in [0.3, 0.4) is 0 Å². The summed E-state index contributed by atoms with van der Waals surface area (Å²) in [5.41, 5.74) is -0.385. The molecule has 0 unspecified atom stereocenters. The molecule has 0 saturated heterocycles. The third-order valence-electron chi connectivity index (χ3n) is 2.46. The Bertz CT molecular complexity index is 685. The lowest BCUT2D eigenvalue weighted by Gasteiger charge is -2.26. The standard InChI is InChI=1S/C13H17Cl3N2O3S/c1-13(2,3)17-12(19)7-18(22(4,20)21)11-6-9(15)8(14)5-10(11)16/h5-6H,7H2,1-4H3,(H,17,19). The van der Waals surface area contributed by atoms with E-state index in [-0.39, 0.29) is 20.8 Å². The van der Waals surface area contributed by atoms with E-state index in [1.807, 2.05) is 0 Å². The molecule has 1 aromatic carbocycles. The van der Waals surface area contributed by atoms with Crippen molar-refractivity contribution in [3.8, 4) is 0 Å². The lowest BCUT2D eigenvalue weighted by molar-refractivity contribution is -0.121. The molecule has 1 N–H and O–H groups in total. The molecule has 1 rings (SSSR count). The minimum atomic E-state index is -3.73. The summed E-state index contributed by atoms with van der Waals surface area (Å²) < 4.78 is 24.9. The number of benzene rings is 1. The Morgan fingerprint density at radius 3 is 2.09 bits per heavy atom. The number of carbonyl (C=O) groups excluding carboxylic acids is 1. The van der Waals surface area contributed by atoms with Gasteiger partial charge in [0.1, 0.15) is 6.54 Å². The van der Waals surface area contributed by atoms with Crippen LogP contribution in [-0.2, 0) is 14.8 Å². The molecule has 0 heterocycles. The Labute approximate surface area is 145 Å². The van der Waals surface area contributed by atoms with E-state index in [1.165, 1.54) is 12.1 Å². The van der Waals surface area contributed by atoms with Gasteiger partial charge in [-0.3, -0.25) is 9.10 Å². The zero-order chi connectivity index (χ0) is 17.3. The molecule has 124 valence electrons. The summed E-state index contributed by atoms with van der Waals surface area (Å²) in [5, 5.41) is 3.12. The Morgan fingerprint density at radius 1 is 1.14 bits per heavy atom. The van der Waals surface area contributed by atoms with Crippen LogP contribution in [0.4, 0.5) is 5.69 Å². The van der Waals surface area contributed by atoms with E-state index in [2.05, 4.69) is 5.32 Å². The fourth-order valence-electron chi connectivity index (χ4n) is 1.67. The van der Waals surface area contributed by atoms with Crippen LogP contribution in [0.15, 0.2) is 12.1 Å². The summed E-state index contributed by atoms with van der Waals surface area (Å²) in [6.07, 6.45) is 0.982. The minimum Gasteiger partial charge on any atom is -0.350 e. The van der Waals surface area contributed by atoms with E-state index in [0.29, 0.717) is 0 Å². The van der Waals surface area contributed by atoms with Crippen LogP contribution in [0.25, 0.3) is 0 Å². The number of hydrogen-bond donors (Lipinski definition) is 1. The van der Waals surface area contributed by atoms with E-state index in [1.54, 1.807) is 20.8 Å². The normalized spacial score (nSPS) is 12.1. The first-order valence-corrected chi connectivity index (χ1v) is 9.23. The Hall–Kier alpha value is -0.690. The fraction of sp³-hybridized carbons (Fsp3) is 0.462. The number of sulfonamides is 1. The highest BCUT2D eigenvalue weighted by Crippen LogP contribution is 2.35. The van der Waals surface area contributed by atoms with Crippen molar-refractivity contribution in [2.75, 3.05) is 17.1 Å². The van der Waals surface area contributed by atoms with E-state index in [9.17, 15) is 13.2 Å². The van der Waals surface area contributed by atoms with Gasteiger partial charge in [-0.15, -0.1) is 0 Å². The highest BCUT2D eigenvalue weighted by molar-refractivity contribution is 7.92. The topological polar surface area (TPSA) is 66.5 Å². The molecule has 0 atom stereocenters. The molecule has 0 fully saturated rings. The number of anilines is 1. The summed E-state index contributed by atoms with van der Waals surface area (Å²) in [4.78, 5) is 12.0. The van der Waals surface area contributed by atoms with Gasteiger partial charge in [0.05, 0.1) is 27.0 Å². The largest absolute Gasteiger partial charge is 0.350 e. The quantitative estimate of drug-likeness (QED) is 0.806. The molecule has 5 nitrogen and oxygen atoms in total. The Balaban J connectivity index is 3.22. The summed E-state index contributed by atoms with van der Waals surface area (Å²) >= 11 is 17.8. The van der Waals surface area contributed by atoms with E-state index >= 15 is 0 Å². The summed E-state index contributed by atoms with van der Waals surface area (Å²) in [7, 11) is -3.73. The number of nitrogens with zero attached hydrogens (tertiary/aromatic N) is 1. The van der Waals surface area contributed by atoms with Crippen LogP contribution in [0.1, 0.15) is 20.8 Å². The van der Waals surface area contributed by atoms with Crippen molar-refractivity contribution < 1.29 is 13.2 Å². The van der Waals surface area contributed by atoms with Gasteiger partial charge in [-0.2, -0.15) is 0 Å². The molecule has 0 bridgehead atoms. The number of nitrogens with one attached hydrogen (secondary N) is 1. The van der Waals surface area contributed by atoms with Crippen molar-refractivity contribution in [1.29, 1.82) is 0 Å². The number of carbonyl (C=O) groups is 1. The molecule has 0 aliphatic carbocycles. The molecule has 1 aromatic rings. The number of halogens is 3. The maximum atomic E-state index is 12.0. The van der Waals surface area contributed by atoms with Gasteiger partial charge in [0.2, 0.25) is 15.9 Å². The van der Waals surface area contributed by atoms with Crippen molar-refractivity contribution >= 4 is 56.4 Å². The van der Waals surface area contributed by atoms with Gasteiger partial charge >= 0.3 is 0 Å². The average molecular weight is 388 g/mol. The molecule has 9 heteroatoms. The van der Waals surface area contributed by atoms with Crippen molar-refractivity contribution in [2.24, 2.45) is 0 Å². The second kappa shape index (κ2) is 6.83. The first kappa shape index (κ1) is 19.4. The van der Waals surface area contributed by atoms with Gasteiger partial charge in [-0.05, 0) is 32.9 Å². The lowest BCUT2D eigenvalue weighted by Crippen LogP contribution is -2.47. The smallest absolute Gasteiger partial charge is 0.241 e. The minimum absolute atomic E-state index is 0.0865. The summed E-state index contributed by atoms with van der Waals surface area (Å²) in [6, 6.07) is 2.65. The maximum Gasteiger partial charge on any atom is 0.241 e. The highest BCUT2D eigenvalue weighted by atomic mass is 35.5. The van der Waals surface area contributed by atoms with Crippen molar-refractivity contribution in [2.45, 2.75) is 26.3 Å². The van der Waals surface area contributed by atoms with Crippen LogP contribution in [0.5, 0.6) is 0 Å². The zero-order valence-electron chi connectivity index (χ0n) is 12.6. The van der Waals surface area contributed by atoms with Crippen molar-refractivity contribution in [3.05, 3.63) is 27.2 Å². The predicted octanol–water partition coefficient (Wildman–Crippen LogP) is 3.33. The molecular weight excluding hydrogens is 371 g/mol. The van der Waals surface area contributed by atoms with Crippen LogP contribution >= 0.6 is 34.8 Å².